The third-order valence-corrected chi connectivity index (χ3v) is 9.44. The van der Waals surface area contributed by atoms with Gasteiger partial charge in [0.1, 0.15) is 5.78 Å². The van der Waals surface area contributed by atoms with E-state index in [1.165, 1.54) is 0 Å². The average Bonchev–Trinajstić information content (AvgIpc) is 3.08. The molecule has 0 bridgehead atoms. The first-order valence-electron chi connectivity index (χ1n) is 11.3. The molecule has 0 radical (unpaired) electrons. The van der Waals surface area contributed by atoms with Crippen LogP contribution in [0.15, 0.2) is 11.6 Å². The first kappa shape index (κ1) is 21.7. The van der Waals surface area contributed by atoms with Crippen LogP contribution in [0.25, 0.3) is 0 Å². The van der Waals surface area contributed by atoms with Crippen LogP contribution in [0.4, 0.5) is 0 Å². The van der Waals surface area contributed by atoms with E-state index < -0.39 is 34.4 Å². The zero-order chi connectivity index (χ0) is 22.6. The number of aliphatic hydroxyl groups is 1. The summed E-state index contributed by atoms with van der Waals surface area (Å²) in [6.45, 7) is 7.59. The van der Waals surface area contributed by atoms with Gasteiger partial charge in [-0.2, -0.15) is 0 Å². The van der Waals surface area contributed by atoms with Crippen molar-refractivity contribution >= 4 is 29.0 Å². The quantitative estimate of drug-likeness (QED) is 0.650. The average molecular weight is 451 g/mol. The highest BCUT2D eigenvalue weighted by molar-refractivity contribution is 6.29. The van der Waals surface area contributed by atoms with Gasteiger partial charge in [0.25, 0.3) is 0 Å². The van der Waals surface area contributed by atoms with Gasteiger partial charge >= 0.3 is 0 Å². The largest absolute Gasteiger partial charge is 0.389 e. The van der Waals surface area contributed by atoms with E-state index in [0.717, 1.165) is 0 Å². The fourth-order valence-corrected chi connectivity index (χ4v) is 8.34. The van der Waals surface area contributed by atoms with Gasteiger partial charge in [0.15, 0.2) is 23.0 Å². The third kappa shape index (κ3) is 2.59. The smallest absolute Gasteiger partial charge is 0.182 e. The normalized spacial score (nSPS) is 50.3. The lowest BCUT2D eigenvalue weighted by Gasteiger charge is -2.59. The predicted molar refractivity (Wildman–Crippen MR) is 112 cm³/mol. The van der Waals surface area contributed by atoms with Gasteiger partial charge in [0.2, 0.25) is 0 Å². The summed E-state index contributed by atoms with van der Waals surface area (Å²) in [6.07, 6.45) is 2.52. The Morgan fingerprint density at radius 1 is 1.23 bits per heavy atom. The highest BCUT2D eigenvalue weighted by Gasteiger charge is 2.77. The molecule has 0 aromatic carbocycles. The fraction of sp³-hybridized carbons (Fsp3) is 0.792. The zero-order valence-electron chi connectivity index (χ0n) is 18.6. The molecular weight excluding hydrogens is 420 g/mol. The van der Waals surface area contributed by atoms with Gasteiger partial charge in [-0.3, -0.25) is 14.4 Å². The Labute approximate surface area is 187 Å². The Morgan fingerprint density at radius 2 is 1.94 bits per heavy atom. The summed E-state index contributed by atoms with van der Waals surface area (Å²) in [5.41, 5.74) is -1.83. The van der Waals surface area contributed by atoms with Crippen LogP contribution in [0.5, 0.6) is 0 Å². The van der Waals surface area contributed by atoms with Crippen LogP contribution in [0.1, 0.15) is 59.8 Å². The molecule has 7 heteroatoms. The Hall–Kier alpha value is -1.08. The van der Waals surface area contributed by atoms with Crippen molar-refractivity contribution in [2.75, 3.05) is 5.88 Å². The van der Waals surface area contributed by atoms with Crippen LogP contribution in [0, 0.1) is 28.6 Å². The lowest BCUT2D eigenvalue weighted by atomic mass is 9.45. The summed E-state index contributed by atoms with van der Waals surface area (Å²) in [7, 11) is 0. The van der Waals surface area contributed by atoms with Gasteiger partial charge in [0, 0.05) is 29.6 Å². The van der Waals surface area contributed by atoms with Crippen molar-refractivity contribution in [1.29, 1.82) is 0 Å². The number of alkyl halides is 1. The van der Waals surface area contributed by atoms with Gasteiger partial charge in [-0.15, -0.1) is 11.6 Å². The number of hydrogen-bond donors (Lipinski definition) is 1. The lowest BCUT2D eigenvalue weighted by molar-refractivity contribution is -0.214. The van der Waals surface area contributed by atoms with E-state index >= 15 is 0 Å². The summed E-state index contributed by atoms with van der Waals surface area (Å²) in [5, 5.41) is 11.0. The van der Waals surface area contributed by atoms with Gasteiger partial charge in [0.05, 0.1) is 18.1 Å². The molecule has 3 saturated carbocycles. The molecule has 1 saturated heterocycles. The first-order chi connectivity index (χ1) is 14.4. The summed E-state index contributed by atoms with van der Waals surface area (Å²) in [4.78, 5) is 39.1. The number of ether oxygens (including phenoxy) is 2. The molecule has 0 aromatic rings. The number of rotatable bonds is 2. The van der Waals surface area contributed by atoms with Gasteiger partial charge in [-0.05, 0) is 56.6 Å². The topological polar surface area (TPSA) is 89.9 Å². The molecule has 0 aromatic heterocycles. The number of carbonyl (C=O) groups is 3. The monoisotopic (exact) mass is 450 g/mol. The van der Waals surface area contributed by atoms with Crippen molar-refractivity contribution in [2.45, 2.75) is 83.4 Å². The molecule has 1 aliphatic heterocycles. The SMILES string of the molecule is CC1(C)O[C@@H]2C[C@H]3[C@@H]4C[C@@H](O)C5=CC(=O)CC[C@]5(C)C4C(=O)C[C@]3(C)[C@]2(C(=O)CCl)O1. The number of halogens is 1. The van der Waals surface area contributed by atoms with Crippen molar-refractivity contribution in [3.05, 3.63) is 11.6 Å². The molecule has 6 nitrogen and oxygen atoms in total. The van der Waals surface area contributed by atoms with E-state index in [1.54, 1.807) is 19.9 Å². The Balaban J connectivity index is 1.62. The molecule has 5 rings (SSSR count). The van der Waals surface area contributed by atoms with Crippen molar-refractivity contribution in [1.82, 2.24) is 0 Å². The summed E-state index contributed by atoms with van der Waals surface area (Å²) < 4.78 is 12.6. The molecule has 1 unspecified atom stereocenters. The second kappa shape index (κ2) is 6.49. The maximum Gasteiger partial charge on any atom is 0.182 e. The minimum Gasteiger partial charge on any atom is -0.389 e. The van der Waals surface area contributed by atoms with Gasteiger partial charge in [-0.25, -0.2) is 0 Å². The highest BCUT2D eigenvalue weighted by atomic mass is 35.5. The number of aliphatic hydroxyl groups excluding tert-OH is 1. The maximum absolute atomic E-state index is 13.8. The van der Waals surface area contributed by atoms with Crippen LogP contribution < -0.4 is 0 Å². The van der Waals surface area contributed by atoms with Crippen LogP contribution >= 0.6 is 11.6 Å². The second-order valence-corrected chi connectivity index (χ2v) is 11.4. The lowest BCUT2D eigenvalue weighted by Crippen LogP contribution is -2.64. The van der Waals surface area contributed by atoms with Gasteiger partial charge < -0.3 is 14.6 Å². The van der Waals surface area contributed by atoms with E-state index in [0.29, 0.717) is 31.3 Å². The molecule has 170 valence electrons. The van der Waals surface area contributed by atoms with Gasteiger partial charge in [-0.1, -0.05) is 13.8 Å². The molecule has 4 fully saturated rings. The predicted octanol–water partition coefficient (Wildman–Crippen LogP) is 2.98. The van der Waals surface area contributed by atoms with E-state index in [1.807, 2.05) is 13.8 Å². The molecule has 4 aliphatic carbocycles. The first-order valence-corrected chi connectivity index (χ1v) is 11.9. The van der Waals surface area contributed by atoms with Crippen molar-refractivity contribution in [2.24, 2.45) is 28.6 Å². The molecule has 1 N–H and O–H groups in total. The fourth-order valence-electron chi connectivity index (χ4n) is 8.14. The Kier molecular flexibility index (Phi) is 4.56. The van der Waals surface area contributed by atoms with Crippen LogP contribution in [0.3, 0.4) is 0 Å². The molecule has 31 heavy (non-hydrogen) atoms. The summed E-state index contributed by atoms with van der Waals surface area (Å²) >= 11 is 6.05. The zero-order valence-corrected chi connectivity index (χ0v) is 19.3. The van der Waals surface area contributed by atoms with Crippen LogP contribution in [-0.2, 0) is 23.9 Å². The Bertz CT molecular complexity index is 910. The Morgan fingerprint density at radius 3 is 2.61 bits per heavy atom. The minimum atomic E-state index is -1.26. The van der Waals surface area contributed by atoms with Crippen LogP contribution in [-0.4, -0.2) is 51.9 Å². The number of hydrogen-bond acceptors (Lipinski definition) is 6. The number of fused-ring (bicyclic) bond motifs is 7. The van der Waals surface area contributed by atoms with E-state index in [4.69, 9.17) is 21.1 Å². The van der Waals surface area contributed by atoms with Crippen molar-refractivity contribution in [3.63, 3.8) is 0 Å². The summed E-state index contributed by atoms with van der Waals surface area (Å²) in [6, 6.07) is 0. The molecule has 1 heterocycles. The standard InChI is InChI=1S/C24H31ClO6/c1-21(2)30-19-9-14-13-8-16(27)15-7-12(26)5-6-22(15,3)20(13)17(28)10-23(14,4)24(19,31-21)18(29)11-25/h7,13-14,16,19-20,27H,5-6,8-11H2,1-4H3/t13-,14-,16+,19+,20?,22-,23-,24+/m0/s1. The summed E-state index contributed by atoms with van der Waals surface area (Å²) in [5.74, 6) is -1.64. The number of Topliss-reactive ketones (excluding diaryl/α,β-unsaturated/α-hetero) is 2. The van der Waals surface area contributed by atoms with E-state index in [9.17, 15) is 19.5 Å². The van der Waals surface area contributed by atoms with Crippen molar-refractivity contribution < 1.29 is 29.0 Å². The molecule has 0 spiro atoms. The molecule has 5 aliphatic rings. The van der Waals surface area contributed by atoms with Crippen LogP contribution in [0.2, 0.25) is 0 Å². The van der Waals surface area contributed by atoms with Crippen molar-refractivity contribution in [3.8, 4) is 0 Å². The van der Waals surface area contributed by atoms with E-state index in [-0.39, 0.29) is 47.4 Å². The maximum atomic E-state index is 13.8. The molecule has 8 atom stereocenters. The second-order valence-electron chi connectivity index (χ2n) is 11.2. The molecular formula is C24H31ClO6. The third-order valence-electron chi connectivity index (χ3n) is 9.20. The van der Waals surface area contributed by atoms with E-state index in [2.05, 4.69) is 0 Å². The number of ketones is 3. The molecule has 0 amide bonds. The minimum absolute atomic E-state index is 0.0177. The number of carbonyl (C=O) groups excluding carboxylic acids is 3. The highest BCUT2D eigenvalue weighted by Crippen LogP contribution is 2.69.